The van der Waals surface area contributed by atoms with Gasteiger partial charge in [-0.05, 0) is 29.3 Å². The van der Waals surface area contributed by atoms with Gasteiger partial charge in [0.15, 0.2) is 0 Å². The van der Waals surface area contributed by atoms with Gasteiger partial charge in [-0.2, -0.15) is 0 Å². The second-order valence-electron chi connectivity index (χ2n) is 6.11. The Kier molecular flexibility index (Phi) is 8.37. The van der Waals surface area contributed by atoms with Gasteiger partial charge in [0.1, 0.15) is 0 Å². The SMILES string of the molecule is [Au+].[c-]1nc2ccccc2s1.c1ccc(P(c2ccccc2)c2ccccc2)cc1. The summed E-state index contributed by atoms with van der Waals surface area (Å²) in [6, 6.07) is 40.3. The minimum absolute atomic E-state index is 0. The quantitative estimate of drug-likeness (QED) is 0.152. The second kappa shape index (κ2) is 11.2. The molecule has 1 nitrogen and oxygen atoms in total. The maximum atomic E-state index is 4.01. The van der Waals surface area contributed by atoms with Gasteiger partial charge in [0.05, 0.1) is 0 Å². The number of rotatable bonds is 3. The van der Waals surface area contributed by atoms with Crippen molar-refractivity contribution in [2.75, 3.05) is 0 Å². The molecule has 0 saturated carbocycles. The molecule has 5 aromatic rings. The monoisotopic (exact) mass is 593 g/mol. The van der Waals surface area contributed by atoms with Gasteiger partial charge in [0.25, 0.3) is 0 Å². The smallest absolute Gasteiger partial charge is 0.386 e. The van der Waals surface area contributed by atoms with Crippen LogP contribution >= 0.6 is 19.3 Å². The topological polar surface area (TPSA) is 12.9 Å². The second-order valence-corrected chi connectivity index (χ2v) is 9.16. The predicted octanol–water partition coefficient (Wildman–Crippen LogP) is 5.54. The first kappa shape index (κ1) is 21.6. The van der Waals surface area contributed by atoms with Gasteiger partial charge in [-0.3, -0.25) is 11.3 Å². The van der Waals surface area contributed by atoms with Gasteiger partial charge in [0.2, 0.25) is 0 Å². The van der Waals surface area contributed by atoms with Gasteiger partial charge in [-0.25, -0.2) is 0 Å². The first-order chi connectivity index (χ1) is 13.9. The van der Waals surface area contributed by atoms with Gasteiger partial charge < -0.3 is 4.98 Å². The molecule has 0 aliphatic heterocycles. The van der Waals surface area contributed by atoms with Crippen LogP contribution in [0, 0.1) is 5.51 Å². The molecular formula is C25H19AuNPS. The summed E-state index contributed by atoms with van der Waals surface area (Å²) in [5, 5.41) is 4.19. The zero-order valence-corrected chi connectivity index (χ0v) is 19.5. The summed E-state index contributed by atoms with van der Waals surface area (Å²) < 4.78 is 1.21. The molecular weight excluding hydrogens is 574 g/mol. The Morgan fingerprint density at radius 3 is 1.41 bits per heavy atom. The first-order valence-electron chi connectivity index (χ1n) is 9.09. The Labute approximate surface area is 192 Å². The van der Waals surface area contributed by atoms with Crippen LogP contribution in [0.4, 0.5) is 0 Å². The molecule has 0 aliphatic carbocycles. The van der Waals surface area contributed by atoms with Crippen molar-refractivity contribution in [3.05, 3.63) is 121 Å². The van der Waals surface area contributed by atoms with Crippen LogP contribution in [0.3, 0.4) is 0 Å². The van der Waals surface area contributed by atoms with Crippen molar-refractivity contribution in [2.24, 2.45) is 0 Å². The third-order valence-electron chi connectivity index (χ3n) is 4.23. The van der Waals surface area contributed by atoms with Crippen molar-refractivity contribution in [1.82, 2.24) is 4.98 Å². The van der Waals surface area contributed by atoms with E-state index in [0.717, 1.165) is 5.52 Å². The maximum absolute atomic E-state index is 4.01. The van der Waals surface area contributed by atoms with Crippen LogP contribution in [-0.2, 0) is 22.4 Å². The Morgan fingerprint density at radius 1 is 0.552 bits per heavy atom. The third-order valence-corrected chi connectivity index (χ3v) is 7.42. The summed E-state index contributed by atoms with van der Waals surface area (Å²) in [6.07, 6.45) is 0. The fourth-order valence-corrected chi connectivity index (χ4v) is 5.85. The number of aromatic nitrogens is 1. The van der Waals surface area contributed by atoms with Crippen LogP contribution in [0.15, 0.2) is 115 Å². The molecule has 0 N–H and O–H groups in total. The number of thiazole rings is 1. The van der Waals surface area contributed by atoms with E-state index in [1.165, 1.54) is 20.6 Å². The molecule has 0 radical (unpaired) electrons. The normalized spacial score (nSPS) is 10.1. The van der Waals surface area contributed by atoms with Crippen molar-refractivity contribution in [3.8, 4) is 0 Å². The van der Waals surface area contributed by atoms with Gasteiger partial charge in [-0.15, -0.1) is 16.8 Å². The van der Waals surface area contributed by atoms with E-state index in [1.54, 1.807) is 11.3 Å². The zero-order valence-electron chi connectivity index (χ0n) is 15.6. The Hall–Kier alpha value is -2.06. The molecule has 0 amide bonds. The van der Waals surface area contributed by atoms with E-state index in [-0.39, 0.29) is 22.4 Å². The summed E-state index contributed by atoms with van der Waals surface area (Å²) in [6.45, 7) is 0. The average Bonchev–Trinajstić information content (AvgIpc) is 3.26. The number of fused-ring (bicyclic) bond motifs is 1. The van der Waals surface area contributed by atoms with E-state index in [1.807, 2.05) is 24.3 Å². The summed E-state index contributed by atoms with van der Waals surface area (Å²) in [5.41, 5.74) is 3.87. The molecule has 0 fully saturated rings. The van der Waals surface area contributed by atoms with Gasteiger partial charge >= 0.3 is 22.4 Å². The maximum Gasteiger partial charge on any atom is 1.00 e. The van der Waals surface area contributed by atoms with Crippen molar-refractivity contribution < 1.29 is 22.4 Å². The molecule has 0 bridgehead atoms. The largest absolute Gasteiger partial charge is 1.00 e. The Bertz CT molecular complexity index is 990. The van der Waals surface area contributed by atoms with Crippen molar-refractivity contribution >= 4 is 45.4 Å². The van der Waals surface area contributed by atoms with Crippen LogP contribution in [0.2, 0.25) is 0 Å². The molecule has 0 unspecified atom stereocenters. The summed E-state index contributed by atoms with van der Waals surface area (Å²) in [7, 11) is -0.446. The number of benzene rings is 4. The van der Waals surface area contributed by atoms with Gasteiger partial charge in [-0.1, -0.05) is 109 Å². The average molecular weight is 593 g/mol. The first-order valence-corrected chi connectivity index (χ1v) is 11.2. The minimum atomic E-state index is -0.446. The van der Waals surface area contributed by atoms with Crippen molar-refractivity contribution in [2.45, 2.75) is 0 Å². The van der Waals surface area contributed by atoms with Crippen molar-refractivity contribution in [1.29, 1.82) is 0 Å². The van der Waals surface area contributed by atoms with Crippen LogP contribution in [0.25, 0.3) is 10.2 Å². The van der Waals surface area contributed by atoms with E-state index in [2.05, 4.69) is 101 Å². The van der Waals surface area contributed by atoms with Crippen LogP contribution < -0.4 is 15.9 Å². The van der Waals surface area contributed by atoms with E-state index >= 15 is 0 Å². The molecule has 29 heavy (non-hydrogen) atoms. The zero-order chi connectivity index (χ0) is 19.0. The third kappa shape index (κ3) is 5.73. The predicted molar refractivity (Wildman–Crippen MR) is 124 cm³/mol. The minimum Gasteiger partial charge on any atom is -0.386 e. The number of para-hydroxylation sites is 1. The van der Waals surface area contributed by atoms with Crippen LogP contribution in [-0.4, -0.2) is 4.98 Å². The summed E-state index contributed by atoms with van der Waals surface area (Å²) in [5.74, 6) is 0. The molecule has 146 valence electrons. The number of nitrogens with zero attached hydrogens (tertiary/aromatic N) is 1. The Morgan fingerprint density at radius 2 is 0.966 bits per heavy atom. The molecule has 4 heteroatoms. The molecule has 0 atom stereocenters. The number of hydrogen-bond acceptors (Lipinski definition) is 2. The molecule has 0 spiro atoms. The van der Waals surface area contributed by atoms with E-state index in [0.29, 0.717) is 0 Å². The molecule has 5 rings (SSSR count). The van der Waals surface area contributed by atoms with Crippen LogP contribution in [0.1, 0.15) is 0 Å². The standard InChI is InChI=1S/C18H15P.C7H4NS.Au/c1-4-10-16(11-5-1)19(17-12-6-2-7-13-17)18-14-8-3-9-15-18;1-2-4-7-6(3-1)8-5-9-7;/h1-15H;1-4H;/q;-1;+1. The fourth-order valence-electron chi connectivity index (χ4n) is 2.94. The molecule has 0 aliphatic rings. The molecule has 4 aromatic carbocycles. The van der Waals surface area contributed by atoms with E-state index in [4.69, 9.17) is 0 Å². The van der Waals surface area contributed by atoms with Crippen LogP contribution in [0.5, 0.6) is 0 Å². The molecule has 0 saturated heterocycles. The summed E-state index contributed by atoms with van der Waals surface area (Å²) >= 11 is 1.55. The fraction of sp³-hybridized carbons (Fsp3) is 0. The van der Waals surface area contributed by atoms with Crippen molar-refractivity contribution in [3.63, 3.8) is 0 Å². The van der Waals surface area contributed by atoms with Gasteiger partial charge in [0, 0.05) is 0 Å². The Balaban J connectivity index is 0.000000201. The molecule has 1 heterocycles. The van der Waals surface area contributed by atoms with E-state index in [9.17, 15) is 0 Å². The molecule has 1 aromatic heterocycles. The number of hydrogen-bond donors (Lipinski definition) is 0. The van der Waals surface area contributed by atoms with E-state index < -0.39 is 7.92 Å². The summed E-state index contributed by atoms with van der Waals surface area (Å²) in [4.78, 5) is 4.01.